The van der Waals surface area contributed by atoms with E-state index in [9.17, 15) is 9.59 Å². The Morgan fingerprint density at radius 3 is 2.83 bits per heavy atom. The third-order valence-electron chi connectivity index (χ3n) is 1.78. The van der Waals surface area contributed by atoms with Crippen LogP contribution in [-0.4, -0.2) is 11.6 Å². The zero-order valence-corrected chi connectivity index (χ0v) is 6.20. The van der Waals surface area contributed by atoms with Gasteiger partial charge < -0.3 is 0 Å². The highest BCUT2D eigenvalue weighted by atomic mass is 16.2. The van der Waals surface area contributed by atoms with Gasteiger partial charge in [0.15, 0.2) is 0 Å². The molecule has 0 fully saturated rings. The Morgan fingerprint density at radius 2 is 2.00 bits per heavy atom. The van der Waals surface area contributed by atoms with Crippen LogP contribution in [0.25, 0.3) is 6.08 Å². The lowest BCUT2D eigenvalue weighted by atomic mass is 9.96. The summed E-state index contributed by atoms with van der Waals surface area (Å²) in [5, 5.41) is 0. The molecule has 12 heavy (non-hydrogen) atoms. The zero-order valence-electron chi connectivity index (χ0n) is 6.20. The maximum atomic E-state index is 11.2. The molecule has 0 aliphatic heterocycles. The summed E-state index contributed by atoms with van der Waals surface area (Å²) in [5.74, 6) is -0.897. The van der Waals surface area contributed by atoms with E-state index in [-0.39, 0.29) is 0 Å². The molecule has 0 aromatic heterocycles. The van der Waals surface area contributed by atoms with Crippen molar-refractivity contribution >= 4 is 17.6 Å². The molecule has 0 N–H and O–H groups in total. The van der Waals surface area contributed by atoms with E-state index in [1.165, 1.54) is 6.08 Å². The monoisotopic (exact) mass is 157 g/mol. The number of carbonyl (C=O) groups is 2. The fraction of sp³-hybridized carbons (Fsp3) is 0. The standard InChI is InChI=1S/C10H5O2/c11-9-6-5-7-3-1-2-4-8(7)10(9)12/h1,3-6H. The van der Waals surface area contributed by atoms with Crippen molar-refractivity contribution in [2.24, 2.45) is 0 Å². The topological polar surface area (TPSA) is 34.1 Å². The first-order valence-electron chi connectivity index (χ1n) is 3.56. The van der Waals surface area contributed by atoms with Crippen molar-refractivity contribution in [3.05, 3.63) is 41.5 Å². The fourth-order valence-electron chi connectivity index (χ4n) is 1.16. The molecule has 2 rings (SSSR count). The van der Waals surface area contributed by atoms with Gasteiger partial charge in [-0.1, -0.05) is 18.2 Å². The molecule has 1 radical (unpaired) electrons. The molecule has 1 aromatic rings. The molecule has 0 atom stereocenters. The number of Topliss-reactive ketones (excluding diaryl/α,β-unsaturated/α-hetero) is 1. The first kappa shape index (κ1) is 6.98. The molecule has 2 heteroatoms. The summed E-state index contributed by atoms with van der Waals surface area (Å²) in [6.45, 7) is 0. The third-order valence-corrected chi connectivity index (χ3v) is 1.78. The SMILES string of the molecule is O=C1C=Cc2cc[c]cc2C1=O. The maximum absolute atomic E-state index is 11.2. The van der Waals surface area contributed by atoms with Gasteiger partial charge in [0, 0.05) is 5.56 Å². The largest absolute Gasteiger partial charge is 0.286 e. The lowest BCUT2D eigenvalue weighted by molar-refractivity contribution is -0.110. The van der Waals surface area contributed by atoms with E-state index in [4.69, 9.17) is 0 Å². The van der Waals surface area contributed by atoms with Gasteiger partial charge in [0.1, 0.15) is 0 Å². The molecule has 1 aliphatic carbocycles. The van der Waals surface area contributed by atoms with Gasteiger partial charge in [-0.2, -0.15) is 0 Å². The average molecular weight is 157 g/mol. The predicted molar refractivity (Wildman–Crippen MR) is 43.6 cm³/mol. The number of benzene rings is 1. The number of fused-ring (bicyclic) bond motifs is 1. The molecule has 2 nitrogen and oxygen atoms in total. The Labute approximate surface area is 69.5 Å². The summed E-state index contributed by atoms with van der Waals surface area (Å²) < 4.78 is 0. The molecule has 0 spiro atoms. The van der Waals surface area contributed by atoms with Gasteiger partial charge in [-0.05, 0) is 23.8 Å². The molecule has 1 aromatic carbocycles. The molecule has 0 saturated carbocycles. The Balaban J connectivity index is 2.67. The number of hydrogen-bond donors (Lipinski definition) is 0. The second-order valence-corrected chi connectivity index (χ2v) is 2.54. The van der Waals surface area contributed by atoms with E-state index in [1.54, 1.807) is 24.3 Å². The van der Waals surface area contributed by atoms with Crippen LogP contribution in [0.3, 0.4) is 0 Å². The van der Waals surface area contributed by atoms with Crippen molar-refractivity contribution in [1.29, 1.82) is 0 Å². The summed E-state index contributed by atoms with van der Waals surface area (Å²) in [5.41, 5.74) is 1.24. The van der Waals surface area contributed by atoms with Crippen molar-refractivity contribution in [2.75, 3.05) is 0 Å². The molecular formula is C10H5O2. The average Bonchev–Trinajstić information content (AvgIpc) is 2.12. The van der Waals surface area contributed by atoms with E-state index >= 15 is 0 Å². The van der Waals surface area contributed by atoms with Crippen LogP contribution >= 0.6 is 0 Å². The highest BCUT2D eigenvalue weighted by Crippen LogP contribution is 2.15. The fourth-order valence-corrected chi connectivity index (χ4v) is 1.16. The van der Waals surface area contributed by atoms with Crippen molar-refractivity contribution < 1.29 is 9.59 Å². The first-order chi connectivity index (χ1) is 5.79. The summed E-state index contributed by atoms with van der Waals surface area (Å²) in [7, 11) is 0. The van der Waals surface area contributed by atoms with Gasteiger partial charge >= 0.3 is 0 Å². The quantitative estimate of drug-likeness (QED) is 0.531. The van der Waals surface area contributed by atoms with E-state index in [2.05, 4.69) is 6.07 Å². The maximum Gasteiger partial charge on any atom is 0.233 e. The molecule has 0 heterocycles. The number of carbonyl (C=O) groups excluding carboxylic acids is 2. The van der Waals surface area contributed by atoms with Crippen LogP contribution in [0.5, 0.6) is 0 Å². The molecule has 0 unspecified atom stereocenters. The lowest BCUT2D eigenvalue weighted by Crippen LogP contribution is -2.15. The van der Waals surface area contributed by atoms with Crippen molar-refractivity contribution in [2.45, 2.75) is 0 Å². The summed E-state index contributed by atoms with van der Waals surface area (Å²) in [6, 6.07) is 7.78. The van der Waals surface area contributed by atoms with Gasteiger partial charge in [-0.25, -0.2) is 0 Å². The van der Waals surface area contributed by atoms with Crippen LogP contribution in [0, 0.1) is 6.07 Å². The Hall–Kier alpha value is -1.70. The second-order valence-electron chi connectivity index (χ2n) is 2.54. The number of ketones is 2. The van der Waals surface area contributed by atoms with Crippen molar-refractivity contribution in [3.63, 3.8) is 0 Å². The van der Waals surface area contributed by atoms with Crippen LogP contribution in [-0.2, 0) is 4.79 Å². The van der Waals surface area contributed by atoms with E-state index in [0.29, 0.717) is 5.56 Å². The number of hydrogen-bond acceptors (Lipinski definition) is 2. The summed E-state index contributed by atoms with van der Waals surface area (Å²) in [6.07, 6.45) is 2.94. The Kier molecular flexibility index (Phi) is 1.40. The van der Waals surface area contributed by atoms with Crippen LogP contribution in [0.4, 0.5) is 0 Å². The number of rotatable bonds is 0. The Bertz CT molecular complexity index is 389. The van der Waals surface area contributed by atoms with Gasteiger partial charge in [0.05, 0.1) is 0 Å². The highest BCUT2D eigenvalue weighted by Gasteiger charge is 2.19. The molecule has 0 bridgehead atoms. The van der Waals surface area contributed by atoms with Gasteiger partial charge in [0.2, 0.25) is 11.6 Å². The van der Waals surface area contributed by atoms with Crippen LogP contribution in [0.1, 0.15) is 15.9 Å². The summed E-state index contributed by atoms with van der Waals surface area (Å²) in [4.78, 5) is 22.1. The molecule has 0 amide bonds. The number of allylic oxidation sites excluding steroid dienone is 1. The minimum atomic E-state index is -0.456. The molecule has 1 aliphatic rings. The summed E-state index contributed by atoms with van der Waals surface area (Å²) >= 11 is 0. The molecule has 57 valence electrons. The van der Waals surface area contributed by atoms with E-state index in [1.807, 2.05) is 0 Å². The van der Waals surface area contributed by atoms with E-state index in [0.717, 1.165) is 5.56 Å². The predicted octanol–water partition coefficient (Wildman–Crippen LogP) is 1.27. The minimum absolute atomic E-state index is 0.440. The minimum Gasteiger partial charge on any atom is -0.286 e. The Morgan fingerprint density at radius 1 is 1.17 bits per heavy atom. The highest BCUT2D eigenvalue weighted by molar-refractivity contribution is 6.49. The van der Waals surface area contributed by atoms with Crippen molar-refractivity contribution in [1.82, 2.24) is 0 Å². The normalized spacial score (nSPS) is 14.7. The van der Waals surface area contributed by atoms with Gasteiger partial charge in [0.25, 0.3) is 0 Å². The van der Waals surface area contributed by atoms with Crippen LogP contribution in [0.15, 0.2) is 24.3 Å². The first-order valence-corrected chi connectivity index (χ1v) is 3.56. The smallest absolute Gasteiger partial charge is 0.233 e. The second kappa shape index (κ2) is 2.41. The molecular weight excluding hydrogens is 152 g/mol. The van der Waals surface area contributed by atoms with Crippen molar-refractivity contribution in [3.8, 4) is 0 Å². The third kappa shape index (κ3) is 0.889. The van der Waals surface area contributed by atoms with Crippen LogP contribution in [0.2, 0.25) is 0 Å². The van der Waals surface area contributed by atoms with E-state index < -0.39 is 11.6 Å². The lowest BCUT2D eigenvalue weighted by Gasteiger charge is -2.05. The molecule has 0 saturated heterocycles. The van der Waals surface area contributed by atoms with Gasteiger partial charge in [-0.3, -0.25) is 9.59 Å². The van der Waals surface area contributed by atoms with Crippen LogP contribution < -0.4 is 0 Å². The van der Waals surface area contributed by atoms with Gasteiger partial charge in [-0.15, -0.1) is 0 Å². The zero-order chi connectivity index (χ0) is 8.55.